The molecule has 0 bridgehead atoms. The van der Waals surface area contributed by atoms with Crippen LogP contribution in [0.5, 0.6) is 0 Å². The van der Waals surface area contributed by atoms with Crippen LogP contribution >= 0.6 is 0 Å². The lowest BCUT2D eigenvalue weighted by atomic mass is 10.0. The third-order valence-electron chi connectivity index (χ3n) is 2.29. The van der Waals surface area contributed by atoms with Crippen LogP contribution in [0.3, 0.4) is 0 Å². The Morgan fingerprint density at radius 1 is 1.50 bits per heavy atom. The highest BCUT2D eigenvalue weighted by Gasteiger charge is 2.15. The van der Waals surface area contributed by atoms with E-state index in [1.54, 1.807) is 12.5 Å². The molecule has 1 atom stereocenters. The maximum atomic E-state index is 6.03. The summed E-state index contributed by atoms with van der Waals surface area (Å²) in [6, 6.07) is 1.68. The predicted octanol–water partition coefficient (Wildman–Crippen LogP) is 1.17. The van der Waals surface area contributed by atoms with Gasteiger partial charge in [-0.2, -0.15) is 0 Å². The fourth-order valence-corrected chi connectivity index (χ4v) is 1.49. The quantitative estimate of drug-likeness (QED) is 0.762. The lowest BCUT2D eigenvalue weighted by Crippen LogP contribution is -2.17. The number of nitrogens with zero attached hydrogens (tertiary/aromatic N) is 2. The summed E-state index contributed by atoms with van der Waals surface area (Å²) in [6.07, 6.45) is 7.00. The van der Waals surface area contributed by atoms with E-state index in [9.17, 15) is 0 Å². The molecule has 0 aromatic carbocycles. The Kier molecular flexibility index (Phi) is 2.74. The summed E-state index contributed by atoms with van der Waals surface area (Å²) < 4.78 is 5.24. The Bertz CT molecular complexity index is 323. The number of hydrogen-bond donors (Lipinski definition) is 1. The molecule has 0 radical (unpaired) electrons. The molecule has 0 saturated carbocycles. The molecule has 0 aliphatic carbocycles. The van der Waals surface area contributed by atoms with Gasteiger partial charge in [0.15, 0.2) is 0 Å². The Morgan fingerprint density at radius 2 is 2.43 bits per heavy atom. The molecule has 0 fully saturated rings. The minimum atomic E-state index is -0.154. The second-order valence-electron chi connectivity index (χ2n) is 3.28. The van der Waals surface area contributed by atoms with Crippen molar-refractivity contribution >= 4 is 0 Å². The highest BCUT2D eigenvalue weighted by atomic mass is 16.5. The highest BCUT2D eigenvalue weighted by molar-refractivity contribution is 5.19. The Labute approximate surface area is 82.8 Å². The van der Waals surface area contributed by atoms with Gasteiger partial charge in [0, 0.05) is 6.20 Å². The van der Waals surface area contributed by atoms with E-state index in [0.717, 1.165) is 30.7 Å². The summed E-state index contributed by atoms with van der Waals surface area (Å²) in [5.74, 6) is 0. The summed E-state index contributed by atoms with van der Waals surface area (Å²) in [5.41, 5.74) is 7.98. The summed E-state index contributed by atoms with van der Waals surface area (Å²) in [7, 11) is 0. The Balaban J connectivity index is 2.15. The normalized spacial score (nSPS) is 18.2. The largest absolute Gasteiger partial charge is 0.501 e. The van der Waals surface area contributed by atoms with Gasteiger partial charge in [0.1, 0.15) is 6.33 Å². The average molecular weight is 191 g/mol. The fraction of sp³-hybridized carbons (Fsp3) is 0.400. The summed E-state index contributed by atoms with van der Waals surface area (Å²) in [4.78, 5) is 7.98. The zero-order valence-corrected chi connectivity index (χ0v) is 7.89. The molecular formula is C10H13N3O. The molecule has 2 N–H and O–H groups in total. The zero-order valence-electron chi connectivity index (χ0n) is 7.89. The minimum absolute atomic E-state index is 0.154. The number of rotatable bonds is 2. The smallest absolute Gasteiger partial charge is 0.115 e. The molecule has 2 rings (SSSR count). The first kappa shape index (κ1) is 9.15. The van der Waals surface area contributed by atoms with E-state index in [-0.39, 0.29) is 6.04 Å². The standard InChI is InChI=1S/C10H13N3O/c11-10(8-2-1-5-14-6-8)9-3-4-12-7-13-9/h3-4,6-7,10H,1-2,5,11H2. The maximum Gasteiger partial charge on any atom is 0.115 e. The van der Waals surface area contributed by atoms with E-state index in [4.69, 9.17) is 10.5 Å². The first-order valence-electron chi connectivity index (χ1n) is 4.70. The predicted molar refractivity (Wildman–Crippen MR) is 52.2 cm³/mol. The summed E-state index contributed by atoms with van der Waals surface area (Å²) in [5, 5.41) is 0. The van der Waals surface area contributed by atoms with Gasteiger partial charge < -0.3 is 10.5 Å². The minimum Gasteiger partial charge on any atom is -0.501 e. The van der Waals surface area contributed by atoms with Crippen molar-refractivity contribution in [3.8, 4) is 0 Å². The molecule has 1 aliphatic rings. The highest BCUT2D eigenvalue weighted by Crippen LogP contribution is 2.23. The van der Waals surface area contributed by atoms with Gasteiger partial charge >= 0.3 is 0 Å². The van der Waals surface area contributed by atoms with Crippen molar-refractivity contribution in [2.45, 2.75) is 18.9 Å². The van der Waals surface area contributed by atoms with Gasteiger partial charge in [0.2, 0.25) is 0 Å². The van der Waals surface area contributed by atoms with E-state index < -0.39 is 0 Å². The molecule has 0 amide bonds. The van der Waals surface area contributed by atoms with Gasteiger partial charge in [-0.1, -0.05) is 0 Å². The van der Waals surface area contributed by atoms with Crippen LogP contribution in [0.1, 0.15) is 24.6 Å². The lowest BCUT2D eigenvalue weighted by Gasteiger charge is -2.18. The SMILES string of the molecule is NC(C1=COCCC1)c1ccncn1. The second kappa shape index (κ2) is 4.19. The van der Waals surface area contributed by atoms with Gasteiger partial charge in [0.05, 0.1) is 24.6 Å². The third-order valence-corrected chi connectivity index (χ3v) is 2.29. The Morgan fingerprint density at radius 3 is 3.07 bits per heavy atom. The van der Waals surface area contributed by atoms with Crippen molar-refractivity contribution in [2.24, 2.45) is 5.73 Å². The van der Waals surface area contributed by atoms with Crippen LogP contribution in [0.15, 0.2) is 30.4 Å². The van der Waals surface area contributed by atoms with Gasteiger partial charge in [-0.25, -0.2) is 9.97 Å². The molecule has 1 aromatic rings. The Hall–Kier alpha value is -1.42. The van der Waals surface area contributed by atoms with Crippen LogP contribution in [-0.4, -0.2) is 16.6 Å². The molecule has 2 heterocycles. The van der Waals surface area contributed by atoms with Crippen LogP contribution in [0, 0.1) is 0 Å². The van der Waals surface area contributed by atoms with Crippen LogP contribution in [0.4, 0.5) is 0 Å². The summed E-state index contributed by atoms with van der Waals surface area (Å²) >= 11 is 0. The molecule has 14 heavy (non-hydrogen) atoms. The molecule has 0 spiro atoms. The van der Waals surface area contributed by atoms with E-state index >= 15 is 0 Å². The molecular weight excluding hydrogens is 178 g/mol. The van der Waals surface area contributed by atoms with Crippen LogP contribution in [0.25, 0.3) is 0 Å². The van der Waals surface area contributed by atoms with E-state index in [1.807, 2.05) is 6.07 Å². The van der Waals surface area contributed by atoms with Gasteiger partial charge in [0.25, 0.3) is 0 Å². The summed E-state index contributed by atoms with van der Waals surface area (Å²) in [6.45, 7) is 0.792. The molecule has 74 valence electrons. The molecule has 4 heteroatoms. The van der Waals surface area contributed by atoms with Crippen LogP contribution in [-0.2, 0) is 4.74 Å². The average Bonchev–Trinajstić information content (AvgIpc) is 2.30. The van der Waals surface area contributed by atoms with Crippen molar-refractivity contribution in [1.82, 2.24) is 9.97 Å². The molecule has 1 aromatic heterocycles. The first-order chi connectivity index (χ1) is 6.88. The van der Waals surface area contributed by atoms with Crippen molar-refractivity contribution < 1.29 is 4.74 Å². The maximum absolute atomic E-state index is 6.03. The van der Waals surface area contributed by atoms with E-state index in [0.29, 0.717) is 0 Å². The molecule has 4 nitrogen and oxygen atoms in total. The number of hydrogen-bond acceptors (Lipinski definition) is 4. The van der Waals surface area contributed by atoms with Crippen molar-refractivity contribution in [1.29, 1.82) is 0 Å². The monoisotopic (exact) mass is 191 g/mol. The first-order valence-corrected chi connectivity index (χ1v) is 4.70. The molecule has 1 unspecified atom stereocenters. The molecule has 1 aliphatic heterocycles. The molecule has 0 saturated heterocycles. The van der Waals surface area contributed by atoms with E-state index in [2.05, 4.69) is 9.97 Å². The van der Waals surface area contributed by atoms with Crippen molar-refractivity contribution in [2.75, 3.05) is 6.61 Å². The van der Waals surface area contributed by atoms with Gasteiger partial charge in [-0.15, -0.1) is 0 Å². The van der Waals surface area contributed by atoms with Gasteiger partial charge in [-0.05, 0) is 24.5 Å². The van der Waals surface area contributed by atoms with E-state index in [1.165, 1.54) is 6.33 Å². The number of nitrogens with two attached hydrogens (primary N) is 1. The lowest BCUT2D eigenvalue weighted by molar-refractivity contribution is 0.221. The van der Waals surface area contributed by atoms with Crippen LogP contribution < -0.4 is 5.73 Å². The van der Waals surface area contributed by atoms with Crippen LogP contribution in [0.2, 0.25) is 0 Å². The number of aromatic nitrogens is 2. The third kappa shape index (κ3) is 1.90. The fourth-order valence-electron chi connectivity index (χ4n) is 1.49. The van der Waals surface area contributed by atoms with Crippen molar-refractivity contribution in [3.05, 3.63) is 36.1 Å². The van der Waals surface area contributed by atoms with Gasteiger partial charge in [-0.3, -0.25) is 0 Å². The number of ether oxygens (including phenoxy) is 1. The topological polar surface area (TPSA) is 61.0 Å². The second-order valence-corrected chi connectivity index (χ2v) is 3.28. The zero-order chi connectivity index (χ0) is 9.80. The van der Waals surface area contributed by atoms with Crippen molar-refractivity contribution in [3.63, 3.8) is 0 Å².